The topological polar surface area (TPSA) is 114 Å². The number of carbonyl (C=O) groups is 3. The van der Waals surface area contributed by atoms with Crippen molar-refractivity contribution < 1.29 is 19.1 Å². The molecule has 3 heterocycles. The zero-order chi connectivity index (χ0) is 26.0. The summed E-state index contributed by atoms with van der Waals surface area (Å²) in [6, 6.07) is 7.24. The van der Waals surface area contributed by atoms with Crippen LogP contribution in [-0.4, -0.2) is 46.8 Å². The van der Waals surface area contributed by atoms with Crippen LogP contribution in [0.3, 0.4) is 0 Å². The Morgan fingerprint density at radius 2 is 2.03 bits per heavy atom. The van der Waals surface area contributed by atoms with Crippen LogP contribution < -0.4 is 16.0 Å². The summed E-state index contributed by atoms with van der Waals surface area (Å²) in [5.74, 6) is 0.889. The average Bonchev–Trinajstić information content (AvgIpc) is 3.78. The number of aromatic nitrogens is 2. The van der Waals surface area contributed by atoms with Crippen LogP contribution in [0.2, 0.25) is 0 Å². The molecule has 4 aliphatic carbocycles. The summed E-state index contributed by atoms with van der Waals surface area (Å²) >= 11 is 0. The van der Waals surface area contributed by atoms with Gasteiger partial charge in [0.15, 0.2) is 0 Å². The number of nitrogens with zero attached hydrogens (tertiary/aromatic N) is 2. The second kappa shape index (κ2) is 7.25. The molecule has 0 bridgehead atoms. The van der Waals surface area contributed by atoms with Gasteiger partial charge in [-0.2, -0.15) is 5.10 Å². The lowest BCUT2D eigenvalue weighted by Gasteiger charge is -2.32. The number of anilines is 2. The smallest absolute Gasteiger partial charge is 0.269 e. The van der Waals surface area contributed by atoms with Gasteiger partial charge in [-0.3, -0.25) is 19.1 Å². The van der Waals surface area contributed by atoms with Gasteiger partial charge in [-0.05, 0) is 84.5 Å². The van der Waals surface area contributed by atoms with Gasteiger partial charge in [-0.15, -0.1) is 0 Å². The van der Waals surface area contributed by atoms with E-state index in [0.717, 1.165) is 17.2 Å². The Balaban J connectivity index is 1.02. The summed E-state index contributed by atoms with van der Waals surface area (Å²) in [5.41, 5.74) is 3.32. The van der Waals surface area contributed by atoms with Gasteiger partial charge in [0.1, 0.15) is 5.69 Å². The van der Waals surface area contributed by atoms with E-state index >= 15 is 0 Å². The molecule has 198 valence electrons. The normalized spacial score (nSPS) is 37.2. The number of rotatable bonds is 6. The van der Waals surface area contributed by atoms with Gasteiger partial charge in [0.25, 0.3) is 5.91 Å². The van der Waals surface area contributed by atoms with Crippen molar-refractivity contribution in [2.24, 2.45) is 41.5 Å². The first-order valence-electron chi connectivity index (χ1n) is 13.9. The number of fused-ring (bicyclic) bond motifs is 2. The second-order valence-electron chi connectivity index (χ2n) is 12.7. The Morgan fingerprint density at radius 3 is 2.68 bits per heavy atom. The highest BCUT2D eigenvalue weighted by atomic mass is 16.5. The standard InChI is InChI=1S/C29H33N5O4/c1-15(28-12-16-13-29(16,28)14-28)21-22(23(21)33-24(35)20-5-8-30-34(20)2)25(36)31-17-3-4-18-19(11-17)32-26(37)27(18)6-9-38-10-7-27/h3-5,8,11,15-16,21-23H,6-7,9-10,12-14H2,1-2H3,(H,31,36)(H,32,37)(H,33,35). The van der Waals surface area contributed by atoms with Crippen LogP contribution in [0.15, 0.2) is 30.5 Å². The molecule has 3 amide bonds. The van der Waals surface area contributed by atoms with E-state index in [1.807, 2.05) is 18.2 Å². The summed E-state index contributed by atoms with van der Waals surface area (Å²) in [4.78, 5) is 39.6. The number of hydrogen-bond acceptors (Lipinski definition) is 5. The number of benzene rings is 1. The van der Waals surface area contributed by atoms with Crippen molar-refractivity contribution in [1.82, 2.24) is 15.1 Å². The molecule has 7 atom stereocenters. The third-order valence-electron chi connectivity index (χ3n) is 11.4. The van der Waals surface area contributed by atoms with E-state index in [1.54, 1.807) is 24.0 Å². The first kappa shape index (κ1) is 22.8. The summed E-state index contributed by atoms with van der Waals surface area (Å²) in [5, 5.41) is 13.4. The fourth-order valence-corrected chi connectivity index (χ4v) is 9.00. The lowest BCUT2D eigenvalue weighted by Crippen LogP contribution is -2.39. The molecule has 6 aliphatic rings. The fourth-order valence-electron chi connectivity index (χ4n) is 9.00. The van der Waals surface area contributed by atoms with Gasteiger partial charge in [-0.1, -0.05) is 13.0 Å². The summed E-state index contributed by atoms with van der Waals surface area (Å²) in [6.45, 7) is 3.44. The number of nitrogens with one attached hydrogen (secondary N) is 3. The molecule has 3 N–H and O–H groups in total. The Kier molecular flexibility index (Phi) is 4.34. The lowest BCUT2D eigenvalue weighted by molar-refractivity contribution is -0.124. The minimum atomic E-state index is -0.530. The summed E-state index contributed by atoms with van der Waals surface area (Å²) < 4.78 is 7.06. The van der Waals surface area contributed by atoms with Crippen LogP contribution in [0.25, 0.3) is 0 Å². The van der Waals surface area contributed by atoms with Crippen LogP contribution in [-0.2, 0) is 26.8 Å². The largest absolute Gasteiger partial charge is 0.381 e. The molecular weight excluding hydrogens is 482 g/mol. The maximum Gasteiger partial charge on any atom is 0.269 e. The van der Waals surface area contributed by atoms with E-state index in [0.29, 0.717) is 54.2 Å². The average molecular weight is 516 g/mol. The maximum absolute atomic E-state index is 13.6. The molecule has 5 fully saturated rings. The van der Waals surface area contributed by atoms with E-state index in [4.69, 9.17) is 4.74 Å². The third kappa shape index (κ3) is 2.80. The van der Waals surface area contributed by atoms with Crippen molar-refractivity contribution in [3.05, 3.63) is 41.7 Å². The molecular formula is C29H33N5O4. The van der Waals surface area contributed by atoms with Crippen molar-refractivity contribution in [2.45, 2.75) is 50.5 Å². The van der Waals surface area contributed by atoms with Crippen molar-refractivity contribution in [3.63, 3.8) is 0 Å². The van der Waals surface area contributed by atoms with Gasteiger partial charge in [0.2, 0.25) is 11.8 Å². The van der Waals surface area contributed by atoms with E-state index in [-0.39, 0.29) is 35.6 Å². The number of ether oxygens (including phenoxy) is 1. The first-order chi connectivity index (χ1) is 18.3. The highest BCUT2D eigenvalue weighted by Gasteiger charge is 2.90. The van der Waals surface area contributed by atoms with E-state index in [2.05, 4.69) is 28.0 Å². The van der Waals surface area contributed by atoms with Crippen LogP contribution in [0.1, 0.15) is 55.1 Å². The highest BCUT2D eigenvalue weighted by Crippen LogP contribution is 2.97. The fraction of sp³-hybridized carbons (Fsp3) is 0.586. The van der Waals surface area contributed by atoms with Gasteiger partial charge >= 0.3 is 0 Å². The first-order valence-corrected chi connectivity index (χ1v) is 13.9. The predicted octanol–water partition coefficient (Wildman–Crippen LogP) is 2.84. The Bertz CT molecular complexity index is 1410. The molecule has 7 unspecified atom stereocenters. The van der Waals surface area contributed by atoms with Crippen LogP contribution in [0, 0.1) is 34.5 Å². The van der Waals surface area contributed by atoms with Gasteiger partial charge in [0.05, 0.1) is 11.3 Å². The van der Waals surface area contributed by atoms with Crippen LogP contribution >= 0.6 is 0 Å². The third-order valence-corrected chi connectivity index (χ3v) is 11.4. The molecule has 1 saturated heterocycles. The minimum Gasteiger partial charge on any atom is -0.381 e. The van der Waals surface area contributed by atoms with Crippen molar-refractivity contribution in [2.75, 3.05) is 23.8 Å². The molecule has 1 aromatic carbocycles. The van der Waals surface area contributed by atoms with Gasteiger partial charge < -0.3 is 20.7 Å². The van der Waals surface area contributed by atoms with Crippen molar-refractivity contribution >= 4 is 29.1 Å². The summed E-state index contributed by atoms with van der Waals surface area (Å²) in [6.07, 6.45) is 6.86. The Hall–Kier alpha value is -3.20. The molecule has 0 radical (unpaired) electrons. The number of carbonyl (C=O) groups excluding carboxylic acids is 3. The lowest BCUT2D eigenvalue weighted by atomic mass is 9.73. The molecule has 2 aromatic rings. The second-order valence-corrected chi connectivity index (χ2v) is 12.7. The SMILES string of the molecule is CC(C1C(NC(=O)c2ccnn2C)C1C(=O)Nc1ccc2c(c1)NC(=O)C21CCOCC1)C12CC3CC31C2. The molecule has 2 aliphatic heterocycles. The van der Waals surface area contributed by atoms with Crippen molar-refractivity contribution in [3.8, 4) is 0 Å². The van der Waals surface area contributed by atoms with Gasteiger partial charge in [-0.25, -0.2) is 0 Å². The highest BCUT2D eigenvalue weighted by molar-refractivity contribution is 6.07. The van der Waals surface area contributed by atoms with Crippen LogP contribution in [0.5, 0.6) is 0 Å². The molecule has 1 aromatic heterocycles. The predicted molar refractivity (Wildman–Crippen MR) is 138 cm³/mol. The molecule has 2 spiro atoms. The van der Waals surface area contributed by atoms with Crippen molar-refractivity contribution in [1.29, 1.82) is 0 Å². The number of aryl methyl sites for hydroxylation is 1. The van der Waals surface area contributed by atoms with E-state index in [1.165, 1.54) is 19.3 Å². The zero-order valence-electron chi connectivity index (χ0n) is 21.8. The van der Waals surface area contributed by atoms with E-state index in [9.17, 15) is 14.4 Å². The monoisotopic (exact) mass is 515 g/mol. The molecule has 9 heteroatoms. The molecule has 8 rings (SSSR count). The van der Waals surface area contributed by atoms with E-state index < -0.39 is 5.41 Å². The number of hydrogen-bond donors (Lipinski definition) is 3. The van der Waals surface area contributed by atoms with Crippen LogP contribution in [0.4, 0.5) is 11.4 Å². The number of amides is 3. The molecule has 9 nitrogen and oxygen atoms in total. The molecule has 38 heavy (non-hydrogen) atoms. The quantitative estimate of drug-likeness (QED) is 0.548. The van der Waals surface area contributed by atoms with Gasteiger partial charge in [0, 0.05) is 43.9 Å². The zero-order valence-corrected chi connectivity index (χ0v) is 21.8. The minimum absolute atomic E-state index is 0.0183. The summed E-state index contributed by atoms with van der Waals surface area (Å²) in [7, 11) is 1.75. The Labute approximate surface area is 221 Å². The Morgan fingerprint density at radius 1 is 1.21 bits per heavy atom. The maximum atomic E-state index is 13.6. The molecule has 4 saturated carbocycles.